The summed E-state index contributed by atoms with van der Waals surface area (Å²) in [5, 5.41) is 3.18. The molecule has 0 spiro atoms. The lowest BCUT2D eigenvalue weighted by molar-refractivity contribution is -0.745. The number of rotatable bonds is 3. The number of aromatic amines is 1. The Kier molecular flexibility index (Phi) is 3.50. The number of carbonyl (C=O) groups excluding carboxylic acids is 1. The molecule has 0 saturated heterocycles. The topological polar surface area (TPSA) is 46.0 Å². The van der Waals surface area contributed by atoms with Crippen molar-refractivity contribution in [1.82, 2.24) is 5.10 Å². The molecule has 1 N–H and O–H groups in total. The first kappa shape index (κ1) is 11.8. The second-order valence-corrected chi connectivity index (χ2v) is 4.05. The highest BCUT2D eigenvalue weighted by Crippen LogP contribution is 2.19. The van der Waals surface area contributed by atoms with E-state index in [2.05, 4.69) is 23.7 Å². The zero-order valence-corrected chi connectivity index (χ0v) is 10.0. The molecule has 1 rings (SSSR count). The van der Waals surface area contributed by atoms with Gasteiger partial charge in [0.25, 0.3) is 6.54 Å². The van der Waals surface area contributed by atoms with Crippen LogP contribution in [0.1, 0.15) is 36.7 Å². The number of methoxy groups -OCH3 is 1. The van der Waals surface area contributed by atoms with Gasteiger partial charge in [-0.15, -0.1) is 4.68 Å². The molecule has 0 aliphatic rings. The van der Waals surface area contributed by atoms with E-state index in [0.29, 0.717) is 5.92 Å². The standard InChI is InChI=1S/C11H18N2O2/c1-7(2)11-8(3)12-13(9(11)4)6-10(14)15-5/h7H,6H2,1-5H3/p+1. The molecule has 0 aliphatic heterocycles. The van der Waals surface area contributed by atoms with Crippen LogP contribution in [0.4, 0.5) is 0 Å². The summed E-state index contributed by atoms with van der Waals surface area (Å²) >= 11 is 0. The van der Waals surface area contributed by atoms with E-state index in [1.54, 1.807) is 0 Å². The third-order valence-corrected chi connectivity index (χ3v) is 2.59. The second-order valence-electron chi connectivity index (χ2n) is 4.05. The van der Waals surface area contributed by atoms with Crippen molar-refractivity contribution in [3.05, 3.63) is 17.0 Å². The Labute approximate surface area is 90.2 Å². The number of nitrogens with one attached hydrogen (secondary N) is 1. The van der Waals surface area contributed by atoms with E-state index in [9.17, 15) is 4.79 Å². The molecule has 0 bridgehead atoms. The Morgan fingerprint density at radius 2 is 2.07 bits per heavy atom. The average Bonchev–Trinajstić information content (AvgIpc) is 2.41. The number of nitrogens with zero attached hydrogens (tertiary/aromatic N) is 1. The van der Waals surface area contributed by atoms with E-state index in [0.717, 1.165) is 11.4 Å². The maximum Gasteiger partial charge on any atom is 0.374 e. The van der Waals surface area contributed by atoms with Crippen LogP contribution in [0.25, 0.3) is 0 Å². The highest BCUT2D eigenvalue weighted by Gasteiger charge is 2.23. The molecule has 0 aromatic carbocycles. The van der Waals surface area contributed by atoms with Gasteiger partial charge in [0, 0.05) is 12.5 Å². The molecular formula is C11H19N2O2+. The van der Waals surface area contributed by atoms with Gasteiger partial charge in [-0.2, -0.15) is 5.10 Å². The molecule has 0 unspecified atom stereocenters. The Balaban J connectivity index is 3.01. The van der Waals surface area contributed by atoms with E-state index in [1.165, 1.54) is 12.7 Å². The fourth-order valence-electron chi connectivity index (χ4n) is 1.97. The van der Waals surface area contributed by atoms with E-state index in [4.69, 9.17) is 0 Å². The van der Waals surface area contributed by atoms with Gasteiger partial charge in [0.1, 0.15) is 0 Å². The van der Waals surface area contributed by atoms with Crippen LogP contribution in [-0.4, -0.2) is 18.2 Å². The number of hydrogen-bond donors (Lipinski definition) is 1. The van der Waals surface area contributed by atoms with Crippen molar-refractivity contribution in [2.24, 2.45) is 0 Å². The number of esters is 1. The lowest BCUT2D eigenvalue weighted by Crippen LogP contribution is -2.42. The van der Waals surface area contributed by atoms with Gasteiger partial charge in [0.05, 0.1) is 12.8 Å². The van der Waals surface area contributed by atoms with Crippen LogP contribution in [0.2, 0.25) is 0 Å². The van der Waals surface area contributed by atoms with Crippen LogP contribution in [0.5, 0.6) is 0 Å². The number of aryl methyl sites for hydroxylation is 1. The molecule has 0 amide bonds. The highest BCUT2D eigenvalue weighted by molar-refractivity contribution is 5.67. The molecule has 84 valence electrons. The SMILES string of the molecule is COC(=O)C[n+]1[nH]c(C)c(C(C)C)c1C. The average molecular weight is 211 g/mol. The number of ether oxygens (including phenoxy) is 1. The lowest BCUT2D eigenvalue weighted by atomic mass is 10.0. The fraction of sp³-hybridized carbons (Fsp3) is 0.636. The van der Waals surface area contributed by atoms with Crippen molar-refractivity contribution < 1.29 is 14.2 Å². The van der Waals surface area contributed by atoms with Gasteiger partial charge in [-0.05, 0) is 12.8 Å². The first-order valence-corrected chi connectivity index (χ1v) is 5.13. The second kappa shape index (κ2) is 4.47. The summed E-state index contributed by atoms with van der Waals surface area (Å²) in [5.74, 6) is 0.222. The van der Waals surface area contributed by atoms with E-state index in [1.807, 2.05) is 18.5 Å². The number of aromatic nitrogens is 2. The summed E-state index contributed by atoms with van der Waals surface area (Å²) in [5.41, 5.74) is 3.50. The van der Waals surface area contributed by atoms with Crippen LogP contribution < -0.4 is 4.68 Å². The molecule has 4 heteroatoms. The molecule has 1 aromatic heterocycles. The molecule has 4 nitrogen and oxygen atoms in total. The molecular weight excluding hydrogens is 192 g/mol. The van der Waals surface area contributed by atoms with Crippen LogP contribution in [-0.2, 0) is 16.1 Å². The van der Waals surface area contributed by atoms with Crippen molar-refractivity contribution in [3.8, 4) is 0 Å². The molecule has 1 aromatic rings. The van der Waals surface area contributed by atoms with Crippen molar-refractivity contribution in [2.75, 3.05) is 7.11 Å². The molecule has 0 saturated carbocycles. The van der Waals surface area contributed by atoms with Crippen LogP contribution in [0.3, 0.4) is 0 Å². The van der Waals surface area contributed by atoms with E-state index < -0.39 is 0 Å². The van der Waals surface area contributed by atoms with Gasteiger partial charge in [-0.25, -0.2) is 4.79 Å². The zero-order chi connectivity index (χ0) is 11.6. The fourth-order valence-corrected chi connectivity index (χ4v) is 1.97. The van der Waals surface area contributed by atoms with Crippen LogP contribution in [0.15, 0.2) is 0 Å². The molecule has 0 aliphatic carbocycles. The lowest BCUT2D eigenvalue weighted by Gasteiger charge is -2.00. The molecule has 0 atom stereocenters. The minimum absolute atomic E-state index is 0.236. The predicted molar refractivity (Wildman–Crippen MR) is 56.6 cm³/mol. The maximum absolute atomic E-state index is 11.2. The number of hydrogen-bond acceptors (Lipinski definition) is 2. The van der Waals surface area contributed by atoms with Gasteiger partial charge in [-0.3, -0.25) is 0 Å². The van der Waals surface area contributed by atoms with Crippen molar-refractivity contribution >= 4 is 5.97 Å². The van der Waals surface area contributed by atoms with Gasteiger partial charge >= 0.3 is 5.97 Å². The first-order valence-electron chi connectivity index (χ1n) is 5.13. The van der Waals surface area contributed by atoms with E-state index >= 15 is 0 Å². The highest BCUT2D eigenvalue weighted by atomic mass is 16.5. The Morgan fingerprint density at radius 3 is 2.47 bits per heavy atom. The largest absolute Gasteiger partial charge is 0.464 e. The van der Waals surface area contributed by atoms with Crippen LogP contribution >= 0.6 is 0 Å². The number of carbonyl (C=O) groups is 1. The number of H-pyrrole nitrogens is 1. The molecule has 15 heavy (non-hydrogen) atoms. The van der Waals surface area contributed by atoms with E-state index in [-0.39, 0.29) is 12.5 Å². The Morgan fingerprint density at radius 1 is 1.47 bits per heavy atom. The van der Waals surface area contributed by atoms with Crippen LogP contribution in [0, 0.1) is 13.8 Å². The molecule has 1 heterocycles. The monoisotopic (exact) mass is 211 g/mol. The maximum atomic E-state index is 11.2. The third-order valence-electron chi connectivity index (χ3n) is 2.59. The van der Waals surface area contributed by atoms with Gasteiger partial charge < -0.3 is 4.74 Å². The summed E-state index contributed by atoms with van der Waals surface area (Å²) < 4.78 is 6.47. The zero-order valence-electron chi connectivity index (χ0n) is 10.0. The summed E-state index contributed by atoms with van der Waals surface area (Å²) in [6.45, 7) is 8.57. The Bertz CT molecular complexity index is 367. The first-order chi connectivity index (χ1) is 6.97. The van der Waals surface area contributed by atoms with Gasteiger partial charge in [0.2, 0.25) is 5.69 Å². The molecule has 0 radical (unpaired) electrons. The summed E-state index contributed by atoms with van der Waals surface area (Å²) in [6, 6.07) is 0. The minimum atomic E-state index is -0.236. The van der Waals surface area contributed by atoms with Gasteiger partial charge in [0.15, 0.2) is 0 Å². The third kappa shape index (κ3) is 2.37. The molecule has 0 fully saturated rings. The summed E-state index contributed by atoms with van der Waals surface area (Å²) in [4.78, 5) is 11.2. The van der Waals surface area contributed by atoms with Gasteiger partial charge in [-0.1, -0.05) is 13.8 Å². The normalized spacial score (nSPS) is 10.8. The van der Waals surface area contributed by atoms with Crippen molar-refractivity contribution in [3.63, 3.8) is 0 Å². The predicted octanol–water partition coefficient (Wildman–Crippen LogP) is 1.22. The van der Waals surface area contributed by atoms with Crippen molar-refractivity contribution in [2.45, 2.75) is 40.2 Å². The minimum Gasteiger partial charge on any atom is -0.464 e. The summed E-state index contributed by atoms with van der Waals surface area (Å²) in [6.07, 6.45) is 0. The smallest absolute Gasteiger partial charge is 0.374 e. The van der Waals surface area contributed by atoms with Crippen molar-refractivity contribution in [1.29, 1.82) is 0 Å². The Hall–Kier alpha value is -1.32. The quantitative estimate of drug-likeness (QED) is 0.603. The summed E-state index contributed by atoms with van der Waals surface area (Å²) in [7, 11) is 1.40.